The Morgan fingerprint density at radius 3 is 2.60 bits per heavy atom. The molecule has 0 spiro atoms. The van der Waals surface area contributed by atoms with Gasteiger partial charge in [-0.25, -0.2) is 8.78 Å². The summed E-state index contributed by atoms with van der Waals surface area (Å²) in [6, 6.07) is 8.53. The number of aromatic nitrogens is 2. The van der Waals surface area contributed by atoms with Crippen LogP contribution in [0.15, 0.2) is 30.3 Å². The predicted molar refractivity (Wildman–Crippen MR) is 175 cm³/mol. The fraction of sp³-hybridized carbons (Fsp3) is 0.500. The SMILES string of the molecule is CC.CCc1c(F)ccc2cc(O)cc(-c3cc4c5c(nc(OCC67CCCN6CCC7)nc5c3F)N3CCNCC3CC4)c12. The number of hydrogen-bond acceptors (Lipinski definition) is 7. The number of phenolic OH excluding ortho intramolecular Hbond substituents is 1. The van der Waals surface area contributed by atoms with E-state index in [-0.39, 0.29) is 34.7 Å². The molecular weight excluding hydrogens is 572 g/mol. The minimum Gasteiger partial charge on any atom is -0.508 e. The van der Waals surface area contributed by atoms with Gasteiger partial charge in [-0.3, -0.25) is 4.90 Å². The van der Waals surface area contributed by atoms with E-state index in [1.54, 1.807) is 18.2 Å². The molecule has 3 fully saturated rings. The summed E-state index contributed by atoms with van der Waals surface area (Å²) < 4.78 is 38.5. The van der Waals surface area contributed by atoms with Crippen LogP contribution in [0.4, 0.5) is 14.6 Å². The zero-order chi connectivity index (χ0) is 31.3. The number of anilines is 1. The van der Waals surface area contributed by atoms with Crippen LogP contribution >= 0.6 is 0 Å². The fourth-order valence-electron chi connectivity index (χ4n) is 8.32. The van der Waals surface area contributed by atoms with Gasteiger partial charge in [0.25, 0.3) is 0 Å². The summed E-state index contributed by atoms with van der Waals surface area (Å²) in [5.74, 6) is -0.0921. The van der Waals surface area contributed by atoms with Crippen molar-refractivity contribution in [3.05, 3.63) is 53.1 Å². The van der Waals surface area contributed by atoms with E-state index in [9.17, 15) is 5.11 Å². The molecule has 0 aliphatic carbocycles. The molecule has 1 atom stereocenters. The van der Waals surface area contributed by atoms with E-state index in [4.69, 9.17) is 14.7 Å². The number of hydrogen-bond donors (Lipinski definition) is 2. The van der Waals surface area contributed by atoms with Crippen LogP contribution in [0.1, 0.15) is 64.0 Å². The molecule has 9 heteroatoms. The van der Waals surface area contributed by atoms with E-state index >= 15 is 8.78 Å². The molecule has 1 unspecified atom stereocenters. The molecule has 3 saturated heterocycles. The molecule has 8 rings (SSSR count). The molecular formula is C36H43F2N5O2. The van der Waals surface area contributed by atoms with Gasteiger partial charge in [0.1, 0.15) is 29.5 Å². The van der Waals surface area contributed by atoms with Crippen LogP contribution in [0.3, 0.4) is 0 Å². The number of phenols is 1. The van der Waals surface area contributed by atoms with Gasteiger partial charge in [0.05, 0.1) is 5.54 Å². The van der Waals surface area contributed by atoms with E-state index in [2.05, 4.69) is 15.1 Å². The smallest absolute Gasteiger partial charge is 0.319 e. The summed E-state index contributed by atoms with van der Waals surface area (Å²) in [5, 5.41) is 16.2. The number of piperazine rings is 1. The Morgan fingerprint density at radius 1 is 1.02 bits per heavy atom. The summed E-state index contributed by atoms with van der Waals surface area (Å²) in [7, 11) is 0. The third kappa shape index (κ3) is 4.99. The van der Waals surface area contributed by atoms with E-state index < -0.39 is 5.82 Å². The van der Waals surface area contributed by atoms with Crippen LogP contribution in [0.2, 0.25) is 0 Å². The molecule has 238 valence electrons. The van der Waals surface area contributed by atoms with Crippen molar-refractivity contribution >= 4 is 27.5 Å². The van der Waals surface area contributed by atoms with Gasteiger partial charge in [0.2, 0.25) is 0 Å². The van der Waals surface area contributed by atoms with E-state index in [0.29, 0.717) is 40.5 Å². The van der Waals surface area contributed by atoms with Crippen molar-refractivity contribution in [2.24, 2.45) is 0 Å². The normalized spacial score (nSPS) is 20.5. The number of benzene rings is 3. The lowest BCUT2D eigenvalue weighted by molar-refractivity contribution is 0.108. The topological polar surface area (TPSA) is 73.8 Å². The lowest BCUT2D eigenvalue weighted by Gasteiger charge is -2.36. The predicted octanol–water partition coefficient (Wildman–Crippen LogP) is 6.75. The molecule has 4 aliphatic heterocycles. The summed E-state index contributed by atoms with van der Waals surface area (Å²) in [6.07, 6.45) is 6.56. The van der Waals surface area contributed by atoms with Crippen LogP contribution in [-0.4, -0.2) is 70.9 Å². The lowest BCUT2D eigenvalue weighted by Crippen LogP contribution is -2.51. The first-order chi connectivity index (χ1) is 22.0. The Kier molecular flexibility index (Phi) is 8.02. The van der Waals surface area contributed by atoms with Crippen molar-refractivity contribution in [2.75, 3.05) is 44.2 Å². The zero-order valence-corrected chi connectivity index (χ0v) is 26.6. The van der Waals surface area contributed by atoms with Crippen molar-refractivity contribution in [3.63, 3.8) is 0 Å². The molecule has 0 amide bonds. The number of ether oxygens (including phenoxy) is 1. The molecule has 0 saturated carbocycles. The lowest BCUT2D eigenvalue weighted by atomic mass is 9.90. The summed E-state index contributed by atoms with van der Waals surface area (Å²) >= 11 is 0. The average Bonchev–Trinajstić information content (AvgIpc) is 3.60. The molecule has 4 aliphatic rings. The first-order valence-electron chi connectivity index (χ1n) is 16.8. The molecule has 45 heavy (non-hydrogen) atoms. The van der Waals surface area contributed by atoms with Crippen molar-refractivity contribution in [3.8, 4) is 22.9 Å². The van der Waals surface area contributed by atoms with Crippen LogP contribution in [0.5, 0.6) is 11.8 Å². The second-order valence-corrected chi connectivity index (χ2v) is 12.7. The highest BCUT2D eigenvalue weighted by Gasteiger charge is 2.45. The molecule has 5 heterocycles. The van der Waals surface area contributed by atoms with Gasteiger partial charge in [-0.15, -0.1) is 0 Å². The first kappa shape index (κ1) is 30.1. The van der Waals surface area contributed by atoms with E-state index in [1.807, 2.05) is 26.8 Å². The summed E-state index contributed by atoms with van der Waals surface area (Å²) in [4.78, 5) is 14.6. The van der Waals surface area contributed by atoms with Crippen LogP contribution < -0.4 is 15.0 Å². The highest BCUT2D eigenvalue weighted by Crippen LogP contribution is 2.44. The number of halogens is 2. The van der Waals surface area contributed by atoms with Gasteiger partial charge in [0, 0.05) is 36.6 Å². The van der Waals surface area contributed by atoms with Crippen molar-refractivity contribution in [2.45, 2.75) is 77.3 Å². The number of nitrogens with one attached hydrogen (secondary N) is 1. The van der Waals surface area contributed by atoms with Crippen molar-refractivity contribution in [1.29, 1.82) is 0 Å². The van der Waals surface area contributed by atoms with Gasteiger partial charge in [-0.1, -0.05) is 26.8 Å². The Bertz CT molecular complexity index is 1750. The Balaban J connectivity index is 0.00000160. The maximum atomic E-state index is 17.0. The standard InChI is InChI=1S/C34H37F2N5O2.C2H6/c1-2-24-27(35)8-6-20-15-23(42)17-25(28(20)24)26-16-21-5-7-22-18-37-11-14-41(22)32-29(21)31(30(26)36)38-33(39-32)43-19-34-9-3-12-40(34)13-4-10-34;1-2/h6,8,15-17,22,37,42H,2-5,7,9-14,18-19H2,1H3;1-2H3. The molecule has 7 nitrogen and oxygen atoms in total. The van der Waals surface area contributed by atoms with Crippen molar-refractivity contribution in [1.82, 2.24) is 20.2 Å². The van der Waals surface area contributed by atoms with Gasteiger partial charge < -0.3 is 20.1 Å². The molecule has 4 aromatic rings. The summed E-state index contributed by atoms with van der Waals surface area (Å²) in [6.45, 7) is 11.0. The second-order valence-electron chi connectivity index (χ2n) is 12.7. The van der Waals surface area contributed by atoms with Crippen molar-refractivity contribution < 1.29 is 18.6 Å². The highest BCUT2D eigenvalue weighted by molar-refractivity contribution is 6.04. The highest BCUT2D eigenvalue weighted by atomic mass is 19.1. The maximum Gasteiger partial charge on any atom is 0.319 e. The van der Waals surface area contributed by atoms with Crippen LogP contribution in [0, 0.1) is 11.6 Å². The van der Waals surface area contributed by atoms with E-state index in [1.165, 1.54) is 6.07 Å². The van der Waals surface area contributed by atoms with Gasteiger partial charge in [-0.05, 0) is 110 Å². The minimum atomic E-state index is -0.499. The molecule has 3 aromatic carbocycles. The monoisotopic (exact) mass is 615 g/mol. The second kappa shape index (κ2) is 12.0. The fourth-order valence-corrected chi connectivity index (χ4v) is 8.32. The van der Waals surface area contributed by atoms with Gasteiger partial charge >= 0.3 is 6.01 Å². The molecule has 1 aromatic heterocycles. The molecule has 2 N–H and O–H groups in total. The Morgan fingerprint density at radius 2 is 1.82 bits per heavy atom. The van der Waals surface area contributed by atoms with E-state index in [0.717, 1.165) is 88.0 Å². The summed E-state index contributed by atoms with van der Waals surface area (Å²) in [5.41, 5.74) is 2.49. The average molecular weight is 616 g/mol. The molecule has 0 bridgehead atoms. The minimum absolute atomic E-state index is 0.00839. The number of nitrogens with zero attached hydrogens (tertiary/aromatic N) is 4. The third-order valence-corrected chi connectivity index (χ3v) is 10.4. The first-order valence-corrected chi connectivity index (χ1v) is 16.8. The van der Waals surface area contributed by atoms with Gasteiger partial charge in [-0.2, -0.15) is 9.97 Å². The number of aryl methyl sites for hydroxylation is 2. The number of fused-ring (bicyclic) bond motifs is 4. The zero-order valence-electron chi connectivity index (χ0n) is 26.6. The van der Waals surface area contributed by atoms with Crippen LogP contribution in [-0.2, 0) is 12.8 Å². The maximum absolute atomic E-state index is 17.0. The Hall–Kier alpha value is -3.56. The third-order valence-electron chi connectivity index (χ3n) is 10.4. The number of rotatable bonds is 5. The Labute approximate surface area is 263 Å². The quantitative estimate of drug-likeness (QED) is 0.257. The van der Waals surface area contributed by atoms with Gasteiger partial charge in [0.15, 0.2) is 5.82 Å². The molecule has 0 radical (unpaired) electrons. The number of aromatic hydroxyl groups is 1. The largest absolute Gasteiger partial charge is 0.508 e. The van der Waals surface area contributed by atoms with Crippen LogP contribution in [0.25, 0.3) is 32.8 Å².